The summed E-state index contributed by atoms with van der Waals surface area (Å²) in [5.74, 6) is 0.360. The van der Waals surface area contributed by atoms with Gasteiger partial charge in [0.2, 0.25) is 0 Å². The van der Waals surface area contributed by atoms with Crippen LogP contribution in [0.3, 0.4) is 0 Å². The van der Waals surface area contributed by atoms with Crippen LogP contribution >= 0.6 is 0 Å². The van der Waals surface area contributed by atoms with E-state index in [0.717, 1.165) is 31.2 Å². The zero-order chi connectivity index (χ0) is 12.3. The molecule has 0 aromatic heterocycles. The summed E-state index contributed by atoms with van der Waals surface area (Å²) in [5, 5.41) is 10.9. The van der Waals surface area contributed by atoms with Crippen LogP contribution in [0, 0.1) is 10.1 Å². The molecule has 0 radical (unpaired) electrons. The van der Waals surface area contributed by atoms with E-state index in [-0.39, 0.29) is 11.8 Å². The van der Waals surface area contributed by atoms with Crippen LogP contribution in [-0.2, 0) is 0 Å². The third-order valence-electron chi connectivity index (χ3n) is 3.01. The monoisotopic (exact) mass is 233 g/mol. The first-order valence-corrected chi connectivity index (χ1v) is 5.78. The molecule has 1 aliphatic rings. The van der Waals surface area contributed by atoms with Crippen molar-refractivity contribution in [2.45, 2.75) is 31.8 Å². The highest BCUT2D eigenvalue weighted by Gasteiger charge is 2.22. The van der Waals surface area contributed by atoms with Crippen molar-refractivity contribution in [3.63, 3.8) is 0 Å². The average molecular weight is 233 g/mol. The van der Waals surface area contributed by atoms with E-state index in [1.165, 1.54) is 6.07 Å². The Morgan fingerprint density at radius 2 is 2.12 bits per heavy atom. The first-order valence-electron chi connectivity index (χ1n) is 5.78. The highest BCUT2D eigenvalue weighted by atomic mass is 16.6. The molecular formula is C13H15NO3. The largest absolute Gasteiger partial charge is 0.483 e. The van der Waals surface area contributed by atoms with E-state index in [0.29, 0.717) is 5.75 Å². The summed E-state index contributed by atoms with van der Waals surface area (Å²) < 4.78 is 5.72. The van der Waals surface area contributed by atoms with E-state index < -0.39 is 4.92 Å². The van der Waals surface area contributed by atoms with Gasteiger partial charge in [0.05, 0.1) is 11.0 Å². The van der Waals surface area contributed by atoms with Crippen LogP contribution in [0.4, 0.5) is 5.69 Å². The first-order chi connectivity index (χ1) is 8.20. The smallest absolute Gasteiger partial charge is 0.310 e. The van der Waals surface area contributed by atoms with Crippen molar-refractivity contribution in [2.24, 2.45) is 0 Å². The van der Waals surface area contributed by atoms with Crippen LogP contribution in [0.1, 0.15) is 31.2 Å². The van der Waals surface area contributed by atoms with Crippen molar-refractivity contribution in [1.29, 1.82) is 0 Å². The van der Waals surface area contributed by atoms with Crippen LogP contribution in [0.5, 0.6) is 5.75 Å². The van der Waals surface area contributed by atoms with Gasteiger partial charge in [-0.15, -0.1) is 0 Å². The number of benzene rings is 1. The van der Waals surface area contributed by atoms with Crippen molar-refractivity contribution in [3.05, 3.63) is 40.5 Å². The molecule has 4 nitrogen and oxygen atoms in total. The number of hydrogen-bond donors (Lipinski definition) is 0. The Bertz CT molecular complexity index is 436. The number of nitro benzene ring substituents is 1. The summed E-state index contributed by atoms with van der Waals surface area (Å²) in [4.78, 5) is 10.5. The van der Waals surface area contributed by atoms with Crippen molar-refractivity contribution in [1.82, 2.24) is 0 Å². The maximum atomic E-state index is 10.9. The van der Waals surface area contributed by atoms with Gasteiger partial charge in [0, 0.05) is 6.07 Å². The van der Waals surface area contributed by atoms with Gasteiger partial charge >= 0.3 is 5.69 Å². The minimum atomic E-state index is -0.406. The van der Waals surface area contributed by atoms with E-state index in [2.05, 4.69) is 6.58 Å². The molecule has 0 spiro atoms. The molecule has 1 aromatic carbocycles. The van der Waals surface area contributed by atoms with Gasteiger partial charge in [-0.3, -0.25) is 10.1 Å². The predicted octanol–water partition coefficient (Wildman–Crippen LogP) is 3.56. The zero-order valence-electron chi connectivity index (χ0n) is 9.59. The van der Waals surface area contributed by atoms with Crippen molar-refractivity contribution in [3.8, 4) is 5.75 Å². The molecule has 0 bridgehead atoms. The Labute approximate surface area is 100 Å². The normalized spacial score (nSPS) is 15.8. The van der Waals surface area contributed by atoms with Crippen molar-refractivity contribution >= 4 is 11.8 Å². The van der Waals surface area contributed by atoms with Crippen LogP contribution in [0.25, 0.3) is 6.08 Å². The van der Waals surface area contributed by atoms with E-state index in [9.17, 15) is 10.1 Å². The summed E-state index contributed by atoms with van der Waals surface area (Å²) in [6, 6.07) is 4.83. The maximum absolute atomic E-state index is 10.9. The Hall–Kier alpha value is -1.84. The second-order valence-corrected chi connectivity index (χ2v) is 4.21. The summed E-state index contributed by atoms with van der Waals surface area (Å²) in [6.45, 7) is 3.65. The van der Waals surface area contributed by atoms with Gasteiger partial charge in [-0.1, -0.05) is 12.7 Å². The molecule has 1 aromatic rings. The summed E-state index contributed by atoms with van der Waals surface area (Å²) in [5.41, 5.74) is 0.867. The molecular weight excluding hydrogens is 218 g/mol. The van der Waals surface area contributed by atoms with Gasteiger partial charge in [-0.05, 0) is 43.4 Å². The maximum Gasteiger partial charge on any atom is 0.310 e. The van der Waals surface area contributed by atoms with Crippen LogP contribution in [0.15, 0.2) is 24.8 Å². The Balaban J connectivity index is 2.27. The molecule has 0 atom stereocenters. The molecule has 1 aliphatic carbocycles. The summed E-state index contributed by atoms with van der Waals surface area (Å²) >= 11 is 0. The minimum absolute atomic E-state index is 0.0301. The zero-order valence-corrected chi connectivity index (χ0v) is 9.59. The second kappa shape index (κ2) is 4.99. The summed E-state index contributed by atoms with van der Waals surface area (Å²) in [7, 11) is 0. The molecule has 2 rings (SSSR count). The molecule has 0 aliphatic heterocycles. The second-order valence-electron chi connectivity index (χ2n) is 4.21. The molecule has 0 saturated heterocycles. The first kappa shape index (κ1) is 11.6. The van der Waals surface area contributed by atoms with Gasteiger partial charge in [-0.25, -0.2) is 0 Å². The van der Waals surface area contributed by atoms with Crippen molar-refractivity contribution < 1.29 is 9.66 Å². The van der Waals surface area contributed by atoms with Gasteiger partial charge in [-0.2, -0.15) is 0 Å². The van der Waals surface area contributed by atoms with Gasteiger partial charge in [0.15, 0.2) is 5.75 Å². The molecule has 1 fully saturated rings. The fourth-order valence-corrected chi connectivity index (χ4v) is 2.09. The number of rotatable bonds is 4. The third kappa shape index (κ3) is 2.64. The minimum Gasteiger partial charge on any atom is -0.483 e. The molecule has 0 unspecified atom stereocenters. The lowest BCUT2D eigenvalue weighted by Gasteiger charge is -2.13. The Kier molecular flexibility index (Phi) is 3.42. The fraction of sp³-hybridized carbons (Fsp3) is 0.385. The lowest BCUT2D eigenvalue weighted by Crippen LogP contribution is -2.12. The van der Waals surface area contributed by atoms with E-state index in [1.807, 2.05) is 0 Å². The van der Waals surface area contributed by atoms with E-state index in [1.54, 1.807) is 18.2 Å². The topological polar surface area (TPSA) is 52.4 Å². The quantitative estimate of drug-likeness (QED) is 0.590. The molecule has 17 heavy (non-hydrogen) atoms. The van der Waals surface area contributed by atoms with E-state index >= 15 is 0 Å². The average Bonchev–Trinajstić information content (AvgIpc) is 2.81. The van der Waals surface area contributed by atoms with Crippen LogP contribution in [0.2, 0.25) is 0 Å². The third-order valence-corrected chi connectivity index (χ3v) is 3.01. The number of ether oxygens (including phenoxy) is 1. The van der Waals surface area contributed by atoms with Crippen molar-refractivity contribution in [2.75, 3.05) is 0 Å². The van der Waals surface area contributed by atoms with E-state index in [4.69, 9.17) is 4.74 Å². The highest BCUT2D eigenvalue weighted by Crippen LogP contribution is 2.32. The number of hydrogen-bond acceptors (Lipinski definition) is 3. The van der Waals surface area contributed by atoms with Crippen LogP contribution in [-0.4, -0.2) is 11.0 Å². The number of nitro groups is 1. The fourth-order valence-electron chi connectivity index (χ4n) is 2.09. The molecule has 4 heteroatoms. The summed E-state index contributed by atoms with van der Waals surface area (Å²) in [6.07, 6.45) is 6.02. The molecule has 90 valence electrons. The highest BCUT2D eigenvalue weighted by molar-refractivity contribution is 5.57. The van der Waals surface area contributed by atoms with Gasteiger partial charge in [0.1, 0.15) is 0 Å². The number of nitrogens with zero attached hydrogens (tertiary/aromatic N) is 1. The Morgan fingerprint density at radius 3 is 2.71 bits per heavy atom. The van der Waals surface area contributed by atoms with Gasteiger partial charge in [0.25, 0.3) is 0 Å². The lowest BCUT2D eigenvalue weighted by atomic mass is 10.2. The molecule has 0 N–H and O–H groups in total. The molecule has 0 amide bonds. The molecule has 0 heterocycles. The Morgan fingerprint density at radius 1 is 1.41 bits per heavy atom. The SMILES string of the molecule is C=Cc1ccc([N+](=O)[O-])c(OC2CCCC2)c1. The van der Waals surface area contributed by atoms with Crippen LogP contribution < -0.4 is 4.74 Å². The lowest BCUT2D eigenvalue weighted by molar-refractivity contribution is -0.386. The standard InChI is InChI=1S/C13H15NO3/c1-2-10-7-8-12(14(15)16)13(9-10)17-11-5-3-4-6-11/h2,7-9,11H,1,3-6H2. The molecule has 1 saturated carbocycles. The predicted molar refractivity (Wildman–Crippen MR) is 66.1 cm³/mol. The van der Waals surface area contributed by atoms with Gasteiger partial charge < -0.3 is 4.74 Å².